The molecule has 0 unspecified atom stereocenters. The number of hydrogen-bond acceptors (Lipinski definition) is 2. The molecule has 16 heavy (non-hydrogen) atoms. The van der Waals surface area contributed by atoms with Gasteiger partial charge in [0.15, 0.2) is 5.82 Å². The van der Waals surface area contributed by atoms with E-state index < -0.39 is 0 Å². The topological polar surface area (TPSA) is 30.7 Å². The Morgan fingerprint density at radius 2 is 1.75 bits per heavy atom. The van der Waals surface area contributed by atoms with Crippen LogP contribution in [0.25, 0.3) is 11.4 Å². The van der Waals surface area contributed by atoms with Crippen LogP contribution in [0.1, 0.15) is 17.0 Å². The van der Waals surface area contributed by atoms with Crippen LogP contribution in [0.2, 0.25) is 0 Å². The minimum Gasteiger partial charge on any atom is -0.313 e. The Morgan fingerprint density at radius 3 is 2.25 bits per heavy atom. The summed E-state index contributed by atoms with van der Waals surface area (Å²) < 4.78 is 2.02. The third-order valence-electron chi connectivity index (χ3n) is 2.56. The zero-order valence-corrected chi connectivity index (χ0v) is 11.2. The molecule has 0 aliphatic rings. The first-order chi connectivity index (χ1) is 7.61. The van der Waals surface area contributed by atoms with Crippen molar-refractivity contribution in [2.24, 2.45) is 7.05 Å². The van der Waals surface area contributed by atoms with Gasteiger partial charge in [-0.05, 0) is 26.0 Å². The van der Waals surface area contributed by atoms with Crippen LogP contribution >= 0.6 is 15.9 Å². The maximum atomic E-state index is 4.22. The van der Waals surface area contributed by atoms with Crippen molar-refractivity contribution < 1.29 is 0 Å². The standard InChI is InChI=1S/C12H14BrN3/c1-8-4-9(2)6-10(5-8)12-15-14-11(7-13)16(12)3/h4-6H,7H2,1-3H3. The predicted molar refractivity (Wildman–Crippen MR) is 68.5 cm³/mol. The normalized spacial score (nSPS) is 10.8. The quantitative estimate of drug-likeness (QED) is 0.792. The molecule has 0 spiro atoms. The fourth-order valence-electron chi connectivity index (χ4n) is 1.83. The Hall–Kier alpha value is -1.16. The Labute approximate surface area is 104 Å². The molecule has 2 aromatic rings. The van der Waals surface area contributed by atoms with E-state index in [4.69, 9.17) is 0 Å². The van der Waals surface area contributed by atoms with Crippen LogP contribution in [0.5, 0.6) is 0 Å². The molecule has 4 heteroatoms. The Morgan fingerprint density at radius 1 is 1.12 bits per heavy atom. The molecule has 0 amide bonds. The maximum absolute atomic E-state index is 4.22. The maximum Gasteiger partial charge on any atom is 0.163 e. The van der Waals surface area contributed by atoms with Gasteiger partial charge in [-0.25, -0.2) is 0 Å². The third kappa shape index (κ3) is 2.02. The highest BCUT2D eigenvalue weighted by atomic mass is 79.9. The summed E-state index contributed by atoms with van der Waals surface area (Å²) in [6.45, 7) is 4.19. The highest BCUT2D eigenvalue weighted by molar-refractivity contribution is 9.08. The molecule has 0 N–H and O–H groups in total. The van der Waals surface area contributed by atoms with E-state index in [2.05, 4.69) is 58.2 Å². The third-order valence-corrected chi connectivity index (χ3v) is 3.07. The summed E-state index contributed by atoms with van der Waals surface area (Å²) in [7, 11) is 1.99. The van der Waals surface area contributed by atoms with Gasteiger partial charge in [0.05, 0.1) is 5.33 Å². The van der Waals surface area contributed by atoms with Gasteiger partial charge in [-0.2, -0.15) is 0 Å². The van der Waals surface area contributed by atoms with Crippen molar-refractivity contribution in [3.05, 3.63) is 35.2 Å². The van der Waals surface area contributed by atoms with Crippen molar-refractivity contribution in [3.63, 3.8) is 0 Å². The molecule has 84 valence electrons. The average molecular weight is 280 g/mol. The second kappa shape index (κ2) is 4.37. The van der Waals surface area contributed by atoms with Gasteiger partial charge < -0.3 is 4.57 Å². The molecule has 1 aromatic heterocycles. The highest BCUT2D eigenvalue weighted by Gasteiger charge is 2.10. The first-order valence-electron chi connectivity index (χ1n) is 5.14. The van der Waals surface area contributed by atoms with Gasteiger partial charge in [-0.3, -0.25) is 0 Å². The van der Waals surface area contributed by atoms with Crippen LogP contribution in [0, 0.1) is 13.8 Å². The van der Waals surface area contributed by atoms with E-state index in [1.807, 2.05) is 11.6 Å². The van der Waals surface area contributed by atoms with Gasteiger partial charge >= 0.3 is 0 Å². The van der Waals surface area contributed by atoms with Gasteiger partial charge in [0.1, 0.15) is 5.82 Å². The first kappa shape index (κ1) is 11.3. The number of rotatable bonds is 2. The summed E-state index contributed by atoms with van der Waals surface area (Å²) in [6.07, 6.45) is 0. The molecule has 0 saturated carbocycles. The molecule has 0 bridgehead atoms. The zero-order chi connectivity index (χ0) is 11.7. The lowest BCUT2D eigenvalue weighted by Gasteiger charge is -2.05. The number of benzene rings is 1. The minimum atomic E-state index is 0.724. The van der Waals surface area contributed by atoms with E-state index in [0.717, 1.165) is 22.5 Å². The van der Waals surface area contributed by atoms with Crippen LogP contribution < -0.4 is 0 Å². The van der Waals surface area contributed by atoms with Gasteiger partial charge in [0, 0.05) is 12.6 Å². The minimum absolute atomic E-state index is 0.724. The monoisotopic (exact) mass is 279 g/mol. The molecular formula is C12H14BrN3. The molecule has 0 atom stereocenters. The van der Waals surface area contributed by atoms with Crippen molar-refractivity contribution in [2.45, 2.75) is 19.2 Å². The molecule has 3 nitrogen and oxygen atoms in total. The summed E-state index contributed by atoms with van der Waals surface area (Å²) in [6, 6.07) is 6.43. The van der Waals surface area contributed by atoms with E-state index in [0.29, 0.717) is 0 Å². The summed E-state index contributed by atoms with van der Waals surface area (Å²) in [5.41, 5.74) is 3.62. The largest absolute Gasteiger partial charge is 0.313 e. The number of halogens is 1. The molecule has 0 radical (unpaired) electrons. The van der Waals surface area contributed by atoms with Crippen molar-refractivity contribution in [3.8, 4) is 11.4 Å². The van der Waals surface area contributed by atoms with E-state index in [1.165, 1.54) is 11.1 Å². The fraction of sp³-hybridized carbons (Fsp3) is 0.333. The summed E-state index contributed by atoms with van der Waals surface area (Å²) in [5, 5.41) is 9.08. The number of alkyl halides is 1. The molecule has 0 fully saturated rings. The summed E-state index contributed by atoms with van der Waals surface area (Å²) in [4.78, 5) is 0. The molecule has 1 aromatic carbocycles. The molecule has 0 saturated heterocycles. The molecule has 0 aliphatic heterocycles. The fourth-order valence-corrected chi connectivity index (χ4v) is 2.32. The van der Waals surface area contributed by atoms with Gasteiger partial charge in [-0.1, -0.05) is 33.1 Å². The van der Waals surface area contributed by atoms with Gasteiger partial charge in [0.25, 0.3) is 0 Å². The van der Waals surface area contributed by atoms with Crippen LogP contribution in [-0.4, -0.2) is 14.8 Å². The number of aromatic nitrogens is 3. The van der Waals surface area contributed by atoms with E-state index in [9.17, 15) is 0 Å². The van der Waals surface area contributed by atoms with Crippen LogP contribution in [-0.2, 0) is 12.4 Å². The summed E-state index contributed by atoms with van der Waals surface area (Å²) >= 11 is 3.40. The van der Waals surface area contributed by atoms with E-state index in [1.54, 1.807) is 0 Å². The lowest BCUT2D eigenvalue weighted by atomic mass is 10.1. The van der Waals surface area contributed by atoms with Gasteiger partial charge in [-0.15, -0.1) is 10.2 Å². The van der Waals surface area contributed by atoms with E-state index in [-0.39, 0.29) is 0 Å². The average Bonchev–Trinajstić information content (AvgIpc) is 2.58. The smallest absolute Gasteiger partial charge is 0.163 e. The zero-order valence-electron chi connectivity index (χ0n) is 9.66. The molecule has 1 heterocycles. The van der Waals surface area contributed by atoms with E-state index >= 15 is 0 Å². The predicted octanol–water partition coefficient (Wildman–Crippen LogP) is 2.99. The van der Waals surface area contributed by atoms with Gasteiger partial charge in [0.2, 0.25) is 0 Å². The Kier molecular flexibility index (Phi) is 3.10. The Bertz CT molecular complexity index is 497. The lowest BCUT2D eigenvalue weighted by Crippen LogP contribution is -1.97. The van der Waals surface area contributed by atoms with Crippen LogP contribution in [0.15, 0.2) is 18.2 Å². The van der Waals surface area contributed by atoms with Crippen molar-refractivity contribution in [2.75, 3.05) is 0 Å². The number of aryl methyl sites for hydroxylation is 2. The lowest BCUT2D eigenvalue weighted by molar-refractivity contribution is 0.858. The second-order valence-corrected chi connectivity index (χ2v) is 4.57. The van der Waals surface area contributed by atoms with Crippen LogP contribution in [0.4, 0.5) is 0 Å². The first-order valence-corrected chi connectivity index (χ1v) is 6.27. The number of hydrogen-bond donors (Lipinski definition) is 0. The highest BCUT2D eigenvalue weighted by Crippen LogP contribution is 2.21. The van der Waals surface area contributed by atoms with Crippen molar-refractivity contribution in [1.82, 2.24) is 14.8 Å². The SMILES string of the molecule is Cc1cc(C)cc(-c2nnc(CBr)n2C)c1. The van der Waals surface area contributed by atoms with Crippen molar-refractivity contribution in [1.29, 1.82) is 0 Å². The molecular weight excluding hydrogens is 266 g/mol. The number of nitrogens with zero attached hydrogens (tertiary/aromatic N) is 3. The van der Waals surface area contributed by atoms with Crippen LogP contribution in [0.3, 0.4) is 0 Å². The Balaban J connectivity index is 2.54. The summed E-state index contributed by atoms with van der Waals surface area (Å²) in [5.74, 6) is 1.86. The van der Waals surface area contributed by atoms with Crippen molar-refractivity contribution >= 4 is 15.9 Å². The molecule has 0 aliphatic carbocycles. The second-order valence-electron chi connectivity index (χ2n) is 4.01. The molecule has 2 rings (SSSR count).